The Bertz CT molecular complexity index is 878. The molecule has 13 nitrogen and oxygen atoms in total. The summed E-state index contributed by atoms with van der Waals surface area (Å²) >= 11 is 0. The summed E-state index contributed by atoms with van der Waals surface area (Å²) in [6.45, 7) is 0.755. The molecule has 3 rings (SSSR count). The highest BCUT2D eigenvalue weighted by Crippen LogP contribution is 2.39. The Morgan fingerprint density at radius 2 is 1.58 bits per heavy atom. The minimum atomic E-state index is -2.32. The first-order valence-corrected chi connectivity index (χ1v) is 11.4. The molecular formula is C23H32O13. The van der Waals surface area contributed by atoms with Crippen LogP contribution in [-0.4, -0.2) is 117 Å². The van der Waals surface area contributed by atoms with Crippen LogP contribution in [0.25, 0.3) is 0 Å². The monoisotopic (exact) mass is 516 g/mol. The summed E-state index contributed by atoms with van der Waals surface area (Å²) in [5.74, 6) is -4.58. The number of aliphatic hydroxyl groups excluding tert-OH is 6. The quantitative estimate of drug-likeness (QED) is 0.191. The molecule has 202 valence electrons. The first-order chi connectivity index (χ1) is 17.0. The van der Waals surface area contributed by atoms with Crippen LogP contribution in [0.2, 0.25) is 0 Å². The van der Waals surface area contributed by atoms with E-state index in [2.05, 4.69) is 0 Å². The van der Waals surface area contributed by atoms with Gasteiger partial charge in [0.1, 0.15) is 43.2 Å². The molecule has 2 fully saturated rings. The van der Waals surface area contributed by atoms with Crippen molar-refractivity contribution in [3.8, 4) is 0 Å². The first kappa shape index (κ1) is 28.4. The van der Waals surface area contributed by atoms with E-state index in [1.54, 1.807) is 18.2 Å². The predicted octanol–water partition coefficient (Wildman–Crippen LogP) is -2.32. The maximum Gasteiger partial charge on any atom is 0.338 e. The van der Waals surface area contributed by atoms with Gasteiger partial charge in [-0.1, -0.05) is 32.0 Å². The molecule has 0 unspecified atom stereocenters. The lowest BCUT2D eigenvalue weighted by Gasteiger charge is -2.43. The molecule has 0 aliphatic carbocycles. The summed E-state index contributed by atoms with van der Waals surface area (Å²) < 4.78 is 27.6. The van der Waals surface area contributed by atoms with E-state index in [9.17, 15) is 40.2 Å². The van der Waals surface area contributed by atoms with E-state index in [1.807, 2.05) is 0 Å². The van der Waals surface area contributed by atoms with Gasteiger partial charge in [-0.15, -0.1) is 0 Å². The maximum atomic E-state index is 12.6. The molecule has 2 heterocycles. The highest BCUT2D eigenvalue weighted by Gasteiger charge is 2.62. The fraction of sp³-hybridized carbons (Fsp3) is 0.652. The third-order valence-electron chi connectivity index (χ3n) is 5.95. The Morgan fingerprint density at radius 3 is 2.17 bits per heavy atom. The van der Waals surface area contributed by atoms with Gasteiger partial charge < -0.3 is 54.3 Å². The molecule has 9 atom stereocenters. The number of hydrogen-bond acceptors (Lipinski definition) is 13. The fourth-order valence-corrected chi connectivity index (χ4v) is 3.84. The highest BCUT2D eigenvalue weighted by molar-refractivity contribution is 5.89. The van der Waals surface area contributed by atoms with Crippen LogP contribution in [0.1, 0.15) is 24.2 Å². The molecule has 0 aromatic heterocycles. The number of rotatable bonds is 9. The summed E-state index contributed by atoms with van der Waals surface area (Å²) in [6, 6.07) is 7.84. The van der Waals surface area contributed by atoms with Crippen LogP contribution in [0.3, 0.4) is 0 Å². The summed E-state index contributed by atoms with van der Waals surface area (Å²) in [5, 5.41) is 60.7. The molecule has 0 saturated carbocycles. The van der Waals surface area contributed by atoms with E-state index in [4.69, 9.17) is 23.7 Å². The third-order valence-corrected chi connectivity index (χ3v) is 5.95. The lowest BCUT2D eigenvalue weighted by atomic mass is 9.99. The molecule has 0 radical (unpaired) electrons. The second-order valence-electron chi connectivity index (χ2n) is 8.91. The third kappa shape index (κ3) is 5.85. The van der Waals surface area contributed by atoms with Gasteiger partial charge in [0.15, 0.2) is 12.4 Å². The van der Waals surface area contributed by atoms with E-state index in [0.717, 1.165) is 0 Å². The second kappa shape index (κ2) is 11.9. The SMILES string of the molecule is CC(C)C(=O)O[C@H]1[C@H](O)[C@@H](CO)O[C@@]1(COC(=O)c1ccccc1)O[C@H]1O[C@H](CO)[C@@H](O)[C@H](O)[C@H]1O. The summed E-state index contributed by atoms with van der Waals surface area (Å²) in [4.78, 5) is 25.1. The van der Waals surface area contributed by atoms with E-state index in [0.29, 0.717) is 0 Å². The Labute approximate surface area is 206 Å². The number of carbonyl (C=O) groups excluding carboxylic acids is 2. The van der Waals surface area contributed by atoms with Crippen molar-refractivity contribution in [2.75, 3.05) is 19.8 Å². The molecule has 2 aliphatic heterocycles. The zero-order valence-corrected chi connectivity index (χ0v) is 19.7. The lowest BCUT2D eigenvalue weighted by molar-refractivity contribution is -0.383. The van der Waals surface area contributed by atoms with Gasteiger partial charge in [-0.25, -0.2) is 4.79 Å². The number of hydrogen-bond donors (Lipinski definition) is 6. The van der Waals surface area contributed by atoms with E-state index in [1.165, 1.54) is 26.0 Å². The van der Waals surface area contributed by atoms with Crippen LogP contribution in [0.15, 0.2) is 30.3 Å². The minimum absolute atomic E-state index is 0.161. The van der Waals surface area contributed by atoms with Crippen LogP contribution in [0.5, 0.6) is 0 Å². The normalized spacial score (nSPS) is 36.6. The zero-order valence-electron chi connectivity index (χ0n) is 19.7. The van der Waals surface area contributed by atoms with Gasteiger partial charge >= 0.3 is 11.9 Å². The van der Waals surface area contributed by atoms with Gasteiger partial charge in [0.25, 0.3) is 0 Å². The highest BCUT2D eigenvalue weighted by atomic mass is 16.8. The predicted molar refractivity (Wildman–Crippen MR) is 117 cm³/mol. The molecule has 1 aromatic rings. The van der Waals surface area contributed by atoms with Gasteiger partial charge in [0.2, 0.25) is 5.79 Å². The Kier molecular flexibility index (Phi) is 9.38. The maximum absolute atomic E-state index is 12.6. The summed E-state index contributed by atoms with van der Waals surface area (Å²) in [7, 11) is 0. The van der Waals surface area contributed by atoms with Crippen molar-refractivity contribution in [2.24, 2.45) is 5.92 Å². The number of esters is 2. The largest absolute Gasteiger partial charge is 0.456 e. The van der Waals surface area contributed by atoms with Crippen molar-refractivity contribution < 1.29 is 63.9 Å². The van der Waals surface area contributed by atoms with Crippen molar-refractivity contribution in [1.82, 2.24) is 0 Å². The molecule has 2 aliphatic rings. The Balaban J connectivity index is 1.95. The molecule has 0 amide bonds. The van der Waals surface area contributed by atoms with Crippen LogP contribution in [0, 0.1) is 5.92 Å². The van der Waals surface area contributed by atoms with Gasteiger partial charge in [-0.3, -0.25) is 4.79 Å². The molecular weight excluding hydrogens is 484 g/mol. The van der Waals surface area contributed by atoms with E-state index < -0.39 is 92.5 Å². The topological polar surface area (TPSA) is 202 Å². The number of benzene rings is 1. The standard InChI is InChI=1S/C23H32O13/c1-11(2)20(30)34-19-16(27)14(9-25)35-23(19,10-32-21(31)12-6-4-3-5-7-12)36-22-18(29)17(28)15(26)13(8-24)33-22/h3-7,11,13-19,22,24-29H,8-10H2,1-2H3/t13-,14-,15-,16-,17+,18-,19+,22-,23+/m1/s1. The Morgan fingerprint density at radius 1 is 0.944 bits per heavy atom. The number of carbonyl (C=O) groups is 2. The minimum Gasteiger partial charge on any atom is -0.456 e. The molecule has 0 spiro atoms. The van der Waals surface area contributed by atoms with Crippen molar-refractivity contribution >= 4 is 11.9 Å². The van der Waals surface area contributed by atoms with E-state index in [-0.39, 0.29) is 5.56 Å². The lowest BCUT2D eigenvalue weighted by Crippen LogP contribution is -2.63. The molecule has 6 N–H and O–H groups in total. The molecule has 13 heteroatoms. The first-order valence-electron chi connectivity index (χ1n) is 11.4. The van der Waals surface area contributed by atoms with Gasteiger partial charge in [0, 0.05) is 0 Å². The van der Waals surface area contributed by atoms with Crippen LogP contribution < -0.4 is 0 Å². The Hall–Kier alpha value is -2.20. The molecule has 36 heavy (non-hydrogen) atoms. The fourth-order valence-electron chi connectivity index (χ4n) is 3.84. The number of ether oxygens (including phenoxy) is 5. The van der Waals surface area contributed by atoms with Crippen molar-refractivity contribution in [3.05, 3.63) is 35.9 Å². The molecule has 1 aromatic carbocycles. The second-order valence-corrected chi connectivity index (χ2v) is 8.91. The summed E-state index contributed by atoms with van der Waals surface area (Å²) in [6.07, 6.45) is -13.3. The van der Waals surface area contributed by atoms with Crippen molar-refractivity contribution in [3.63, 3.8) is 0 Å². The smallest absolute Gasteiger partial charge is 0.338 e. The van der Waals surface area contributed by atoms with Gasteiger partial charge in [-0.2, -0.15) is 0 Å². The average molecular weight is 516 g/mol. The van der Waals surface area contributed by atoms with Crippen LogP contribution in [-0.2, 0) is 28.5 Å². The van der Waals surface area contributed by atoms with Crippen LogP contribution >= 0.6 is 0 Å². The van der Waals surface area contributed by atoms with Crippen molar-refractivity contribution in [1.29, 1.82) is 0 Å². The number of aliphatic hydroxyl groups is 6. The van der Waals surface area contributed by atoms with Crippen LogP contribution in [0.4, 0.5) is 0 Å². The van der Waals surface area contributed by atoms with Gasteiger partial charge in [-0.05, 0) is 12.1 Å². The van der Waals surface area contributed by atoms with Crippen molar-refractivity contribution in [2.45, 2.75) is 68.7 Å². The average Bonchev–Trinajstić information content (AvgIpc) is 3.13. The molecule has 2 saturated heterocycles. The zero-order chi connectivity index (χ0) is 26.6. The summed E-state index contributed by atoms with van der Waals surface area (Å²) in [5.41, 5.74) is 0.161. The molecule has 0 bridgehead atoms. The van der Waals surface area contributed by atoms with Gasteiger partial charge in [0.05, 0.1) is 24.7 Å². The van der Waals surface area contributed by atoms with E-state index >= 15 is 0 Å².